The second-order valence-electron chi connectivity index (χ2n) is 4.99. The fourth-order valence-corrected chi connectivity index (χ4v) is 2.56. The Bertz CT molecular complexity index is 325. The summed E-state index contributed by atoms with van der Waals surface area (Å²) in [5, 5.41) is 3.35. The van der Waals surface area contributed by atoms with E-state index in [1.165, 1.54) is 39.3 Å². The minimum Gasteiger partial charge on any atom is -0.336 e. The SMILES string of the molecule is c1cn(CCN2CCN(C3CNC3)CC2)cn1. The third kappa shape index (κ3) is 2.68. The molecular formula is C12H21N5. The van der Waals surface area contributed by atoms with Gasteiger partial charge in [-0.2, -0.15) is 0 Å². The summed E-state index contributed by atoms with van der Waals surface area (Å²) < 4.78 is 2.15. The van der Waals surface area contributed by atoms with Gasteiger partial charge in [0.1, 0.15) is 0 Å². The van der Waals surface area contributed by atoms with Gasteiger partial charge in [-0.1, -0.05) is 0 Å². The topological polar surface area (TPSA) is 36.3 Å². The van der Waals surface area contributed by atoms with Crippen molar-refractivity contribution in [1.29, 1.82) is 0 Å². The van der Waals surface area contributed by atoms with Crippen LogP contribution in [0.3, 0.4) is 0 Å². The summed E-state index contributed by atoms with van der Waals surface area (Å²) in [6.07, 6.45) is 5.79. The zero-order chi connectivity index (χ0) is 11.5. The van der Waals surface area contributed by atoms with E-state index in [-0.39, 0.29) is 0 Å². The van der Waals surface area contributed by atoms with E-state index in [1.807, 2.05) is 18.7 Å². The molecule has 1 aromatic heterocycles. The first-order valence-corrected chi connectivity index (χ1v) is 6.55. The third-order valence-corrected chi connectivity index (χ3v) is 3.92. The van der Waals surface area contributed by atoms with E-state index >= 15 is 0 Å². The van der Waals surface area contributed by atoms with Crippen LogP contribution in [0.2, 0.25) is 0 Å². The molecule has 1 N–H and O–H groups in total. The molecule has 3 rings (SSSR count). The van der Waals surface area contributed by atoms with Gasteiger partial charge in [0.25, 0.3) is 0 Å². The molecule has 0 spiro atoms. The first-order valence-electron chi connectivity index (χ1n) is 6.55. The van der Waals surface area contributed by atoms with Gasteiger partial charge >= 0.3 is 0 Å². The third-order valence-electron chi connectivity index (χ3n) is 3.92. The normalized spacial score (nSPS) is 23.8. The number of piperazine rings is 1. The predicted octanol–water partition coefficient (Wildman–Crippen LogP) is -0.527. The molecule has 5 nitrogen and oxygen atoms in total. The highest BCUT2D eigenvalue weighted by Gasteiger charge is 2.27. The highest BCUT2D eigenvalue weighted by atomic mass is 15.3. The number of hydrogen-bond donors (Lipinski definition) is 1. The van der Waals surface area contributed by atoms with Crippen LogP contribution in [0.5, 0.6) is 0 Å². The molecule has 0 aromatic carbocycles. The van der Waals surface area contributed by atoms with Gasteiger partial charge in [-0.3, -0.25) is 9.80 Å². The highest BCUT2D eigenvalue weighted by molar-refractivity contribution is 4.87. The molecule has 2 saturated heterocycles. The van der Waals surface area contributed by atoms with E-state index in [1.54, 1.807) is 0 Å². The quantitative estimate of drug-likeness (QED) is 0.761. The first-order chi connectivity index (χ1) is 8.42. The molecule has 17 heavy (non-hydrogen) atoms. The van der Waals surface area contributed by atoms with Crippen LogP contribution < -0.4 is 5.32 Å². The Morgan fingerprint density at radius 3 is 2.53 bits per heavy atom. The molecule has 2 aliphatic heterocycles. The van der Waals surface area contributed by atoms with Gasteiger partial charge in [0.2, 0.25) is 0 Å². The molecular weight excluding hydrogens is 214 g/mol. The lowest BCUT2D eigenvalue weighted by Gasteiger charge is -2.43. The zero-order valence-electron chi connectivity index (χ0n) is 10.3. The Morgan fingerprint density at radius 2 is 1.94 bits per heavy atom. The van der Waals surface area contributed by atoms with Crippen molar-refractivity contribution in [1.82, 2.24) is 24.7 Å². The van der Waals surface area contributed by atoms with Crippen LogP contribution >= 0.6 is 0 Å². The molecule has 1 aromatic rings. The van der Waals surface area contributed by atoms with Gasteiger partial charge in [-0.15, -0.1) is 0 Å². The van der Waals surface area contributed by atoms with Crippen LogP contribution in [0.4, 0.5) is 0 Å². The van der Waals surface area contributed by atoms with E-state index in [0.29, 0.717) is 0 Å². The van der Waals surface area contributed by atoms with Gasteiger partial charge in [-0.05, 0) is 0 Å². The van der Waals surface area contributed by atoms with E-state index < -0.39 is 0 Å². The monoisotopic (exact) mass is 235 g/mol. The maximum atomic E-state index is 4.07. The molecule has 0 atom stereocenters. The van der Waals surface area contributed by atoms with Crippen LogP contribution in [0.15, 0.2) is 18.7 Å². The second-order valence-corrected chi connectivity index (χ2v) is 4.99. The molecule has 0 unspecified atom stereocenters. The number of aromatic nitrogens is 2. The molecule has 5 heteroatoms. The Morgan fingerprint density at radius 1 is 1.12 bits per heavy atom. The average Bonchev–Trinajstić information content (AvgIpc) is 2.79. The van der Waals surface area contributed by atoms with Gasteiger partial charge in [-0.25, -0.2) is 4.98 Å². The lowest BCUT2D eigenvalue weighted by molar-refractivity contribution is 0.0713. The maximum Gasteiger partial charge on any atom is 0.0946 e. The van der Waals surface area contributed by atoms with Crippen molar-refractivity contribution >= 4 is 0 Å². The number of nitrogens with zero attached hydrogens (tertiary/aromatic N) is 4. The average molecular weight is 235 g/mol. The van der Waals surface area contributed by atoms with Crippen molar-refractivity contribution in [2.24, 2.45) is 0 Å². The van der Waals surface area contributed by atoms with Crippen molar-refractivity contribution in [3.63, 3.8) is 0 Å². The number of nitrogens with one attached hydrogen (secondary N) is 1. The molecule has 0 aliphatic carbocycles. The lowest BCUT2D eigenvalue weighted by Crippen LogP contribution is -2.61. The summed E-state index contributed by atoms with van der Waals surface area (Å²) in [4.78, 5) is 9.26. The minimum atomic E-state index is 0.811. The van der Waals surface area contributed by atoms with Crippen molar-refractivity contribution in [3.05, 3.63) is 18.7 Å². The first kappa shape index (κ1) is 11.2. The Kier molecular flexibility index (Phi) is 3.40. The van der Waals surface area contributed by atoms with Crippen LogP contribution in [0.1, 0.15) is 0 Å². The molecule has 0 saturated carbocycles. The largest absolute Gasteiger partial charge is 0.336 e. The number of imidazole rings is 1. The van der Waals surface area contributed by atoms with Crippen LogP contribution in [-0.4, -0.2) is 71.2 Å². The second kappa shape index (κ2) is 5.16. The highest BCUT2D eigenvalue weighted by Crippen LogP contribution is 2.09. The van der Waals surface area contributed by atoms with E-state index in [9.17, 15) is 0 Å². The molecule has 94 valence electrons. The number of rotatable bonds is 4. The number of hydrogen-bond acceptors (Lipinski definition) is 4. The molecule has 0 radical (unpaired) electrons. The minimum absolute atomic E-state index is 0.811. The van der Waals surface area contributed by atoms with Gasteiger partial charge in [0, 0.05) is 70.8 Å². The maximum absolute atomic E-state index is 4.07. The fourth-order valence-electron chi connectivity index (χ4n) is 2.56. The smallest absolute Gasteiger partial charge is 0.0946 e. The molecule has 3 heterocycles. The summed E-state index contributed by atoms with van der Waals surface area (Å²) in [5.41, 5.74) is 0. The Labute approximate surface area is 102 Å². The lowest BCUT2D eigenvalue weighted by atomic mass is 10.1. The van der Waals surface area contributed by atoms with E-state index in [0.717, 1.165) is 19.1 Å². The summed E-state index contributed by atoms with van der Waals surface area (Å²) >= 11 is 0. The van der Waals surface area contributed by atoms with Gasteiger partial charge < -0.3 is 9.88 Å². The summed E-state index contributed by atoms with van der Waals surface area (Å²) in [6.45, 7) is 9.48. The van der Waals surface area contributed by atoms with Crippen molar-refractivity contribution < 1.29 is 0 Å². The Balaban J connectivity index is 1.39. The predicted molar refractivity (Wildman–Crippen MR) is 66.9 cm³/mol. The van der Waals surface area contributed by atoms with E-state index in [4.69, 9.17) is 0 Å². The van der Waals surface area contributed by atoms with Crippen LogP contribution in [0.25, 0.3) is 0 Å². The van der Waals surface area contributed by atoms with Crippen molar-refractivity contribution in [3.8, 4) is 0 Å². The van der Waals surface area contributed by atoms with E-state index in [2.05, 4.69) is 24.7 Å². The summed E-state index contributed by atoms with van der Waals surface area (Å²) in [7, 11) is 0. The summed E-state index contributed by atoms with van der Waals surface area (Å²) in [5.74, 6) is 0. The van der Waals surface area contributed by atoms with Crippen LogP contribution in [-0.2, 0) is 6.54 Å². The molecule has 2 aliphatic rings. The van der Waals surface area contributed by atoms with Gasteiger partial charge in [0.05, 0.1) is 6.33 Å². The van der Waals surface area contributed by atoms with Crippen LogP contribution in [0, 0.1) is 0 Å². The molecule has 0 amide bonds. The van der Waals surface area contributed by atoms with Crippen molar-refractivity contribution in [2.75, 3.05) is 45.8 Å². The summed E-state index contributed by atoms with van der Waals surface area (Å²) in [6, 6.07) is 0.811. The van der Waals surface area contributed by atoms with Crippen molar-refractivity contribution in [2.45, 2.75) is 12.6 Å². The van der Waals surface area contributed by atoms with Gasteiger partial charge in [0.15, 0.2) is 0 Å². The molecule has 2 fully saturated rings. The fraction of sp³-hybridized carbons (Fsp3) is 0.750. The Hall–Kier alpha value is -0.910. The standard InChI is InChI=1S/C12H21N5/c1-2-16(11-13-1)4-3-15-5-7-17(8-6-15)12-9-14-10-12/h1-2,11-12,14H,3-10H2. The molecule has 0 bridgehead atoms. The zero-order valence-corrected chi connectivity index (χ0v) is 10.3.